The Morgan fingerprint density at radius 3 is 2.61 bits per heavy atom. The molecule has 1 amide bonds. The minimum absolute atomic E-state index is 0.0924. The van der Waals surface area contributed by atoms with Crippen LogP contribution >= 0.6 is 0 Å². The van der Waals surface area contributed by atoms with Gasteiger partial charge >= 0.3 is 0 Å². The van der Waals surface area contributed by atoms with Crippen molar-refractivity contribution < 1.29 is 14.4 Å². The number of benzene rings is 3. The van der Waals surface area contributed by atoms with Crippen molar-refractivity contribution in [2.45, 2.75) is 19.6 Å². The van der Waals surface area contributed by atoms with Gasteiger partial charge in [0.15, 0.2) is 5.84 Å². The van der Waals surface area contributed by atoms with Gasteiger partial charge in [-0.25, -0.2) is 0 Å². The second kappa shape index (κ2) is 10.5. The highest BCUT2D eigenvalue weighted by molar-refractivity contribution is 5.99. The number of ether oxygens (including phenoxy) is 1. The topological polar surface area (TPSA) is 110 Å². The molecule has 0 aromatic heterocycles. The standard InChI is InChI=1S/C24H22N4O3/c1-17(24(29)27-20-11-7-10-19(14-20)15-25)31-28-23(26)21-12-5-6-13-22(21)30-16-18-8-3-2-4-9-18/h2-14,17H,16H2,1H3,(H2,26,28)(H,27,29). The number of carbonyl (C=O) groups excluding carboxylic acids is 1. The summed E-state index contributed by atoms with van der Waals surface area (Å²) in [5.74, 6) is 0.233. The van der Waals surface area contributed by atoms with Crippen molar-refractivity contribution in [1.29, 1.82) is 5.26 Å². The van der Waals surface area contributed by atoms with Crippen LogP contribution in [0.15, 0.2) is 84.0 Å². The van der Waals surface area contributed by atoms with Gasteiger partial charge in [-0.05, 0) is 42.8 Å². The molecule has 0 fully saturated rings. The van der Waals surface area contributed by atoms with Crippen molar-refractivity contribution in [3.05, 3.63) is 95.6 Å². The van der Waals surface area contributed by atoms with Crippen molar-refractivity contribution >= 4 is 17.4 Å². The highest BCUT2D eigenvalue weighted by Gasteiger charge is 2.16. The summed E-state index contributed by atoms with van der Waals surface area (Å²) in [7, 11) is 0. The molecular formula is C24H22N4O3. The van der Waals surface area contributed by atoms with Gasteiger partial charge in [0, 0.05) is 5.69 Å². The molecule has 3 rings (SSSR count). The van der Waals surface area contributed by atoms with Crippen LogP contribution in [0.1, 0.15) is 23.6 Å². The van der Waals surface area contributed by atoms with Crippen molar-refractivity contribution in [2.75, 3.05) is 5.32 Å². The molecule has 0 saturated heterocycles. The van der Waals surface area contributed by atoms with E-state index in [1.165, 1.54) is 0 Å². The van der Waals surface area contributed by atoms with Crippen LogP contribution in [-0.2, 0) is 16.2 Å². The summed E-state index contributed by atoms with van der Waals surface area (Å²) in [4.78, 5) is 17.6. The van der Waals surface area contributed by atoms with Crippen molar-refractivity contribution in [2.24, 2.45) is 10.9 Å². The zero-order valence-corrected chi connectivity index (χ0v) is 17.0. The van der Waals surface area contributed by atoms with Gasteiger partial charge in [-0.3, -0.25) is 4.79 Å². The molecule has 0 bridgehead atoms. The van der Waals surface area contributed by atoms with Gasteiger partial charge in [0.25, 0.3) is 5.91 Å². The molecule has 156 valence electrons. The minimum atomic E-state index is -0.901. The number of amidine groups is 1. The molecule has 0 saturated carbocycles. The number of oxime groups is 1. The normalized spacial score (nSPS) is 11.8. The summed E-state index contributed by atoms with van der Waals surface area (Å²) in [6.07, 6.45) is -0.901. The number of hydrogen-bond acceptors (Lipinski definition) is 5. The summed E-state index contributed by atoms with van der Waals surface area (Å²) in [6, 6.07) is 25.6. The molecule has 3 aromatic rings. The molecule has 31 heavy (non-hydrogen) atoms. The number of nitrogens with zero attached hydrogens (tertiary/aromatic N) is 2. The molecule has 0 aliphatic rings. The summed E-state index contributed by atoms with van der Waals surface area (Å²) >= 11 is 0. The number of nitrogens with one attached hydrogen (secondary N) is 1. The smallest absolute Gasteiger partial charge is 0.267 e. The number of nitriles is 1. The van der Waals surface area contributed by atoms with Crippen LogP contribution in [0.3, 0.4) is 0 Å². The quantitative estimate of drug-likeness (QED) is 0.331. The molecule has 1 unspecified atom stereocenters. The van der Waals surface area contributed by atoms with Gasteiger partial charge in [-0.2, -0.15) is 5.26 Å². The summed E-state index contributed by atoms with van der Waals surface area (Å²) in [5.41, 5.74) is 8.61. The Balaban J connectivity index is 1.63. The third-order valence-electron chi connectivity index (χ3n) is 4.34. The Hall–Kier alpha value is -4.31. The summed E-state index contributed by atoms with van der Waals surface area (Å²) in [6.45, 7) is 1.94. The number of nitrogens with two attached hydrogens (primary N) is 1. The third-order valence-corrected chi connectivity index (χ3v) is 4.34. The zero-order chi connectivity index (χ0) is 22.1. The first-order valence-electron chi connectivity index (χ1n) is 9.63. The maximum Gasteiger partial charge on any atom is 0.267 e. The monoisotopic (exact) mass is 414 g/mol. The molecular weight excluding hydrogens is 392 g/mol. The minimum Gasteiger partial charge on any atom is -0.488 e. The van der Waals surface area contributed by atoms with Crippen LogP contribution < -0.4 is 15.8 Å². The average molecular weight is 414 g/mol. The van der Waals surface area contributed by atoms with E-state index in [0.29, 0.717) is 29.2 Å². The maximum atomic E-state index is 12.3. The third kappa shape index (κ3) is 6.08. The van der Waals surface area contributed by atoms with E-state index in [0.717, 1.165) is 5.56 Å². The van der Waals surface area contributed by atoms with Crippen molar-refractivity contribution in [1.82, 2.24) is 0 Å². The van der Waals surface area contributed by atoms with Crippen LogP contribution in [0.4, 0.5) is 5.69 Å². The predicted octanol–water partition coefficient (Wildman–Crippen LogP) is 3.80. The fourth-order valence-corrected chi connectivity index (χ4v) is 2.68. The average Bonchev–Trinajstić information content (AvgIpc) is 2.82. The lowest BCUT2D eigenvalue weighted by Gasteiger charge is -2.13. The second-order valence-corrected chi connectivity index (χ2v) is 6.68. The predicted molar refractivity (Wildman–Crippen MR) is 118 cm³/mol. The van der Waals surface area contributed by atoms with E-state index in [9.17, 15) is 4.79 Å². The maximum absolute atomic E-state index is 12.3. The van der Waals surface area contributed by atoms with Crippen LogP contribution in [0.2, 0.25) is 0 Å². The molecule has 7 nitrogen and oxygen atoms in total. The number of hydrogen-bond donors (Lipinski definition) is 2. The van der Waals surface area contributed by atoms with E-state index in [-0.39, 0.29) is 5.84 Å². The van der Waals surface area contributed by atoms with Crippen LogP contribution in [0.5, 0.6) is 5.75 Å². The molecule has 0 radical (unpaired) electrons. The van der Waals surface area contributed by atoms with Crippen LogP contribution in [0.25, 0.3) is 0 Å². The number of anilines is 1. The van der Waals surface area contributed by atoms with Gasteiger partial charge in [0.2, 0.25) is 6.10 Å². The van der Waals surface area contributed by atoms with Crippen LogP contribution in [0, 0.1) is 11.3 Å². The van der Waals surface area contributed by atoms with Gasteiger partial charge in [-0.1, -0.05) is 53.7 Å². The Morgan fingerprint density at radius 2 is 1.84 bits per heavy atom. The lowest BCUT2D eigenvalue weighted by molar-refractivity contribution is -0.126. The fraction of sp³-hybridized carbons (Fsp3) is 0.125. The highest BCUT2D eigenvalue weighted by Crippen LogP contribution is 2.19. The van der Waals surface area contributed by atoms with E-state index < -0.39 is 12.0 Å². The molecule has 0 aliphatic carbocycles. The Labute approximate surface area is 180 Å². The highest BCUT2D eigenvalue weighted by atomic mass is 16.6. The first-order chi connectivity index (χ1) is 15.1. The first kappa shape index (κ1) is 21.4. The van der Waals surface area contributed by atoms with Crippen molar-refractivity contribution in [3.63, 3.8) is 0 Å². The number of carbonyl (C=O) groups is 1. The molecule has 7 heteroatoms. The van der Waals surface area contributed by atoms with E-state index in [4.69, 9.17) is 20.6 Å². The molecule has 1 atom stereocenters. The second-order valence-electron chi connectivity index (χ2n) is 6.68. The summed E-state index contributed by atoms with van der Waals surface area (Å²) in [5, 5.41) is 15.5. The Bertz CT molecular complexity index is 1110. The summed E-state index contributed by atoms with van der Waals surface area (Å²) < 4.78 is 5.88. The Kier molecular flexibility index (Phi) is 7.22. The Morgan fingerprint density at radius 1 is 1.10 bits per heavy atom. The largest absolute Gasteiger partial charge is 0.488 e. The lowest BCUT2D eigenvalue weighted by atomic mass is 10.2. The lowest BCUT2D eigenvalue weighted by Crippen LogP contribution is -2.27. The first-order valence-corrected chi connectivity index (χ1v) is 9.63. The van der Waals surface area contributed by atoms with Gasteiger partial charge in [0.05, 0.1) is 17.2 Å². The van der Waals surface area contributed by atoms with E-state index in [2.05, 4.69) is 10.5 Å². The van der Waals surface area contributed by atoms with Crippen LogP contribution in [-0.4, -0.2) is 17.8 Å². The SMILES string of the molecule is CC(O/N=C(/N)c1ccccc1OCc1ccccc1)C(=O)Nc1cccc(C#N)c1. The van der Waals surface area contributed by atoms with E-state index >= 15 is 0 Å². The van der Waals surface area contributed by atoms with E-state index in [1.807, 2.05) is 48.5 Å². The van der Waals surface area contributed by atoms with Crippen molar-refractivity contribution in [3.8, 4) is 11.8 Å². The number of para-hydroxylation sites is 1. The molecule has 3 aromatic carbocycles. The van der Waals surface area contributed by atoms with E-state index in [1.54, 1.807) is 43.3 Å². The molecule has 0 heterocycles. The zero-order valence-electron chi connectivity index (χ0n) is 17.0. The number of amides is 1. The molecule has 0 aliphatic heterocycles. The number of rotatable bonds is 8. The molecule has 3 N–H and O–H groups in total. The fourth-order valence-electron chi connectivity index (χ4n) is 2.68. The van der Waals surface area contributed by atoms with Gasteiger partial charge < -0.3 is 20.6 Å². The molecule has 0 spiro atoms. The van der Waals surface area contributed by atoms with Gasteiger partial charge in [-0.15, -0.1) is 0 Å². The van der Waals surface area contributed by atoms with Gasteiger partial charge in [0.1, 0.15) is 12.4 Å².